The third kappa shape index (κ3) is 4.70. The predicted octanol–water partition coefficient (Wildman–Crippen LogP) is 4.34. The third-order valence-corrected chi connectivity index (χ3v) is 6.76. The molecule has 0 spiro atoms. The average Bonchev–Trinajstić information content (AvgIpc) is 3.09. The molecule has 2 aromatic carbocycles. The lowest BCUT2D eigenvalue weighted by Crippen LogP contribution is -2.31. The highest BCUT2D eigenvalue weighted by molar-refractivity contribution is 7.99. The Morgan fingerprint density at radius 3 is 3.03 bits per heavy atom. The maximum atomic E-state index is 12.6. The molecule has 2 amide bonds. The van der Waals surface area contributed by atoms with E-state index in [4.69, 9.17) is 11.6 Å². The highest BCUT2D eigenvalue weighted by atomic mass is 35.5. The van der Waals surface area contributed by atoms with Gasteiger partial charge in [0, 0.05) is 53.0 Å². The van der Waals surface area contributed by atoms with Gasteiger partial charge in [-0.3, -0.25) is 9.59 Å². The van der Waals surface area contributed by atoms with E-state index in [0.717, 1.165) is 40.9 Å². The van der Waals surface area contributed by atoms with Gasteiger partial charge < -0.3 is 15.5 Å². The van der Waals surface area contributed by atoms with Crippen molar-refractivity contribution < 1.29 is 9.59 Å². The van der Waals surface area contributed by atoms with Gasteiger partial charge in [0.15, 0.2) is 0 Å². The number of hydrogen-bond acceptors (Lipinski definition) is 4. The van der Waals surface area contributed by atoms with Gasteiger partial charge in [0.2, 0.25) is 5.91 Å². The van der Waals surface area contributed by atoms with Crippen molar-refractivity contribution in [3.8, 4) is 0 Å². The summed E-state index contributed by atoms with van der Waals surface area (Å²) in [5.41, 5.74) is 3.69. The maximum absolute atomic E-state index is 12.6. The first-order valence-corrected chi connectivity index (χ1v) is 11.2. The molecule has 0 radical (unpaired) electrons. The number of rotatable bonds is 4. The fourth-order valence-corrected chi connectivity index (χ4v) is 4.95. The molecule has 1 fully saturated rings. The van der Waals surface area contributed by atoms with Gasteiger partial charge in [0.1, 0.15) is 0 Å². The molecule has 29 heavy (non-hydrogen) atoms. The van der Waals surface area contributed by atoms with E-state index in [2.05, 4.69) is 22.5 Å². The van der Waals surface area contributed by atoms with Crippen molar-refractivity contribution >= 4 is 46.6 Å². The summed E-state index contributed by atoms with van der Waals surface area (Å²) in [4.78, 5) is 27.8. The minimum atomic E-state index is -0.103. The Hall–Kier alpha value is -2.18. The van der Waals surface area contributed by atoms with Crippen LogP contribution in [-0.4, -0.2) is 37.2 Å². The molecule has 0 aliphatic carbocycles. The summed E-state index contributed by atoms with van der Waals surface area (Å²) < 4.78 is 0. The fourth-order valence-electron chi connectivity index (χ4n) is 3.84. The number of hydrogen-bond donors (Lipinski definition) is 2. The number of halogens is 1. The minimum Gasteiger partial charge on any atom is -0.371 e. The summed E-state index contributed by atoms with van der Waals surface area (Å²) in [5.74, 6) is 1.05. The van der Waals surface area contributed by atoms with Crippen molar-refractivity contribution in [2.75, 3.05) is 35.6 Å². The number of thioether (sulfide) groups is 1. The predicted molar refractivity (Wildman–Crippen MR) is 119 cm³/mol. The summed E-state index contributed by atoms with van der Waals surface area (Å²) in [6, 6.07) is 11.5. The zero-order valence-corrected chi connectivity index (χ0v) is 17.9. The van der Waals surface area contributed by atoms with E-state index in [-0.39, 0.29) is 11.8 Å². The Bertz CT molecular complexity index is 950. The number of aryl methyl sites for hydroxylation is 1. The Morgan fingerprint density at radius 2 is 2.17 bits per heavy atom. The van der Waals surface area contributed by atoms with Crippen LogP contribution in [0.2, 0.25) is 5.02 Å². The molecule has 2 aromatic rings. The molecule has 2 heterocycles. The van der Waals surface area contributed by atoms with Gasteiger partial charge in [-0.15, -0.1) is 11.8 Å². The molecule has 4 rings (SSSR count). The van der Waals surface area contributed by atoms with Crippen molar-refractivity contribution in [1.29, 1.82) is 0 Å². The average molecular weight is 430 g/mol. The Kier molecular flexibility index (Phi) is 6.01. The highest BCUT2D eigenvalue weighted by Gasteiger charge is 2.24. The van der Waals surface area contributed by atoms with Gasteiger partial charge in [0.05, 0.1) is 5.69 Å². The lowest BCUT2D eigenvalue weighted by atomic mass is 10.1. The largest absolute Gasteiger partial charge is 0.371 e. The number of benzene rings is 2. The second-order valence-electron chi connectivity index (χ2n) is 7.60. The van der Waals surface area contributed by atoms with Crippen molar-refractivity contribution in [2.24, 2.45) is 5.92 Å². The number of nitrogens with one attached hydrogen (secondary N) is 2. The van der Waals surface area contributed by atoms with Crippen LogP contribution >= 0.6 is 23.4 Å². The van der Waals surface area contributed by atoms with Crippen LogP contribution < -0.4 is 15.5 Å². The van der Waals surface area contributed by atoms with Crippen LogP contribution in [0.1, 0.15) is 28.8 Å². The van der Waals surface area contributed by atoms with E-state index in [1.807, 2.05) is 30.3 Å². The Balaban J connectivity index is 1.36. The summed E-state index contributed by atoms with van der Waals surface area (Å²) in [6.45, 7) is 4.59. The van der Waals surface area contributed by atoms with E-state index in [1.54, 1.807) is 17.8 Å². The van der Waals surface area contributed by atoms with Crippen LogP contribution in [0.15, 0.2) is 41.3 Å². The molecule has 152 valence electrons. The molecule has 7 heteroatoms. The number of anilines is 2. The van der Waals surface area contributed by atoms with Gasteiger partial charge >= 0.3 is 0 Å². The molecule has 0 bridgehead atoms. The zero-order valence-electron chi connectivity index (χ0n) is 16.3. The van der Waals surface area contributed by atoms with Crippen LogP contribution in [-0.2, 0) is 4.79 Å². The van der Waals surface area contributed by atoms with Crippen LogP contribution in [0.25, 0.3) is 0 Å². The summed E-state index contributed by atoms with van der Waals surface area (Å²) in [7, 11) is 0. The molecule has 2 N–H and O–H groups in total. The number of fused-ring (bicyclic) bond motifs is 1. The van der Waals surface area contributed by atoms with Crippen molar-refractivity contribution in [3.63, 3.8) is 0 Å². The Morgan fingerprint density at radius 1 is 1.31 bits per heavy atom. The topological polar surface area (TPSA) is 61.4 Å². The molecule has 0 saturated carbocycles. The minimum absolute atomic E-state index is 0.00355. The summed E-state index contributed by atoms with van der Waals surface area (Å²) in [6.07, 6.45) is 1.52. The summed E-state index contributed by atoms with van der Waals surface area (Å²) in [5, 5.41) is 6.70. The molecule has 2 aliphatic rings. The van der Waals surface area contributed by atoms with E-state index in [1.165, 1.54) is 11.3 Å². The maximum Gasteiger partial charge on any atom is 0.251 e. The third-order valence-electron chi connectivity index (χ3n) is 5.45. The van der Waals surface area contributed by atoms with Gasteiger partial charge in [-0.2, -0.15) is 0 Å². The van der Waals surface area contributed by atoms with E-state index < -0.39 is 0 Å². The molecule has 0 aromatic heterocycles. The smallest absolute Gasteiger partial charge is 0.251 e. The SMILES string of the molecule is Cc1ccc(Cl)cc1N1CCC(CNC(=O)c2ccc3c(c2)NC(=O)CCS3)C1. The number of amides is 2. The molecule has 1 saturated heterocycles. The van der Waals surface area contributed by atoms with Gasteiger partial charge in [-0.05, 0) is 55.2 Å². The van der Waals surface area contributed by atoms with Gasteiger partial charge in [-0.25, -0.2) is 0 Å². The second kappa shape index (κ2) is 8.67. The van der Waals surface area contributed by atoms with Crippen LogP contribution in [0.3, 0.4) is 0 Å². The zero-order chi connectivity index (χ0) is 20.4. The van der Waals surface area contributed by atoms with E-state index in [0.29, 0.717) is 24.4 Å². The first-order valence-electron chi connectivity index (χ1n) is 9.85. The molecular weight excluding hydrogens is 406 g/mol. The summed E-state index contributed by atoms with van der Waals surface area (Å²) >= 11 is 7.80. The first-order chi connectivity index (χ1) is 14.0. The molecular formula is C22H24ClN3O2S. The second-order valence-corrected chi connectivity index (χ2v) is 9.17. The molecule has 2 aliphatic heterocycles. The molecule has 1 atom stereocenters. The molecule has 1 unspecified atom stereocenters. The fraction of sp³-hybridized carbons (Fsp3) is 0.364. The van der Waals surface area contributed by atoms with Crippen LogP contribution in [0.5, 0.6) is 0 Å². The molecule has 5 nitrogen and oxygen atoms in total. The van der Waals surface area contributed by atoms with Gasteiger partial charge in [0.25, 0.3) is 5.91 Å². The van der Waals surface area contributed by atoms with Crippen molar-refractivity contribution in [3.05, 3.63) is 52.5 Å². The normalized spacial score (nSPS) is 18.8. The van der Waals surface area contributed by atoms with Gasteiger partial charge in [-0.1, -0.05) is 17.7 Å². The lowest BCUT2D eigenvalue weighted by molar-refractivity contribution is -0.115. The van der Waals surface area contributed by atoms with E-state index in [9.17, 15) is 9.59 Å². The Labute approximate surface area is 180 Å². The number of carbonyl (C=O) groups is 2. The number of nitrogens with zero attached hydrogens (tertiary/aromatic N) is 1. The standard InChI is InChI=1S/C22H24ClN3O2S/c1-14-2-4-17(23)11-19(14)26-8-6-15(13-26)12-24-22(28)16-3-5-20-18(10-16)25-21(27)7-9-29-20/h2-5,10-11,15H,6-9,12-13H2,1H3,(H,24,28)(H,25,27). The van der Waals surface area contributed by atoms with Crippen molar-refractivity contribution in [2.45, 2.75) is 24.7 Å². The van der Waals surface area contributed by atoms with Crippen LogP contribution in [0.4, 0.5) is 11.4 Å². The highest BCUT2D eigenvalue weighted by Crippen LogP contribution is 2.32. The quantitative estimate of drug-likeness (QED) is 0.758. The first kappa shape index (κ1) is 20.1. The lowest BCUT2D eigenvalue weighted by Gasteiger charge is -2.21. The van der Waals surface area contributed by atoms with E-state index >= 15 is 0 Å². The van der Waals surface area contributed by atoms with Crippen LogP contribution in [0, 0.1) is 12.8 Å². The van der Waals surface area contributed by atoms with Crippen molar-refractivity contribution in [1.82, 2.24) is 5.32 Å². The number of carbonyl (C=O) groups excluding carboxylic acids is 2. The monoisotopic (exact) mass is 429 g/mol.